The summed E-state index contributed by atoms with van der Waals surface area (Å²) in [5.74, 6) is 0. The number of hydrogen-bond acceptors (Lipinski definition) is 2. The summed E-state index contributed by atoms with van der Waals surface area (Å²) in [5, 5.41) is 8.58. The summed E-state index contributed by atoms with van der Waals surface area (Å²) in [7, 11) is 0. The number of halogens is 1. The maximum Gasteiger partial charge on any atom is 0.0375 e. The van der Waals surface area contributed by atoms with Crippen molar-refractivity contribution in [3.05, 3.63) is 38.8 Å². The van der Waals surface area contributed by atoms with Crippen molar-refractivity contribution in [3.8, 4) is 0 Å². The van der Waals surface area contributed by atoms with Gasteiger partial charge < -0.3 is 5.41 Å². The molecule has 1 aromatic carbocycles. The maximum absolute atomic E-state index is 7.41. The summed E-state index contributed by atoms with van der Waals surface area (Å²) < 4.78 is 3.23. The molecule has 0 unspecified atom stereocenters. The predicted molar refractivity (Wildman–Crippen MR) is 72.8 cm³/mol. The van der Waals surface area contributed by atoms with Gasteiger partial charge in [0.05, 0.1) is 0 Å². The highest BCUT2D eigenvalue weighted by Gasteiger charge is 2.06. The van der Waals surface area contributed by atoms with E-state index in [2.05, 4.69) is 34.7 Å². The normalized spacial score (nSPS) is 11.2. The molecular formula is C11H8INS. The standard InChI is InChI=1S/C11H8INS/c12-6-5-11-9(7-13)8-3-1-2-4-10(8)14-11/h1-7,13H/b6-5-,13-7?. The van der Waals surface area contributed by atoms with Crippen LogP contribution in [0.3, 0.4) is 0 Å². The molecule has 0 saturated carbocycles. The summed E-state index contributed by atoms with van der Waals surface area (Å²) >= 11 is 3.93. The Hall–Kier alpha value is -0.680. The topological polar surface area (TPSA) is 23.9 Å². The van der Waals surface area contributed by atoms with Gasteiger partial charge in [-0.25, -0.2) is 0 Å². The average Bonchev–Trinajstić information content (AvgIpc) is 2.55. The third kappa shape index (κ3) is 1.62. The monoisotopic (exact) mass is 313 g/mol. The van der Waals surface area contributed by atoms with E-state index in [1.54, 1.807) is 11.3 Å². The van der Waals surface area contributed by atoms with Gasteiger partial charge in [-0.3, -0.25) is 0 Å². The van der Waals surface area contributed by atoms with E-state index < -0.39 is 0 Å². The average molecular weight is 313 g/mol. The Morgan fingerprint density at radius 1 is 1.29 bits per heavy atom. The lowest BCUT2D eigenvalue weighted by molar-refractivity contribution is 1.56. The predicted octanol–water partition coefficient (Wildman–Crippen LogP) is 4.30. The highest BCUT2D eigenvalue weighted by atomic mass is 127. The van der Waals surface area contributed by atoms with Crippen LogP contribution in [-0.2, 0) is 0 Å². The van der Waals surface area contributed by atoms with Gasteiger partial charge in [0.25, 0.3) is 0 Å². The lowest BCUT2D eigenvalue weighted by atomic mass is 10.1. The van der Waals surface area contributed by atoms with E-state index in [0.717, 1.165) is 10.4 Å². The second-order valence-corrected chi connectivity index (χ2v) is 4.62. The van der Waals surface area contributed by atoms with Crippen molar-refractivity contribution >= 4 is 56.3 Å². The van der Waals surface area contributed by atoms with Gasteiger partial charge in [0.15, 0.2) is 0 Å². The smallest absolute Gasteiger partial charge is 0.0375 e. The minimum atomic E-state index is 1.03. The third-order valence-electron chi connectivity index (χ3n) is 2.02. The molecule has 0 atom stereocenters. The Kier molecular flexibility index (Phi) is 2.98. The van der Waals surface area contributed by atoms with Crippen LogP contribution in [-0.4, -0.2) is 6.21 Å². The zero-order chi connectivity index (χ0) is 9.97. The Morgan fingerprint density at radius 2 is 2.07 bits per heavy atom. The van der Waals surface area contributed by atoms with E-state index >= 15 is 0 Å². The van der Waals surface area contributed by atoms with Gasteiger partial charge in [-0.15, -0.1) is 11.3 Å². The van der Waals surface area contributed by atoms with Crippen molar-refractivity contribution in [1.82, 2.24) is 0 Å². The summed E-state index contributed by atoms with van der Waals surface area (Å²) in [6.45, 7) is 0. The molecule has 0 amide bonds. The molecule has 0 bridgehead atoms. The number of fused-ring (bicyclic) bond motifs is 1. The molecule has 70 valence electrons. The van der Waals surface area contributed by atoms with Crippen LogP contribution in [0.2, 0.25) is 0 Å². The van der Waals surface area contributed by atoms with Gasteiger partial charge in [0, 0.05) is 26.7 Å². The summed E-state index contributed by atoms with van der Waals surface area (Å²) in [6, 6.07) is 8.21. The Labute approximate surface area is 100 Å². The minimum Gasteiger partial charge on any atom is -0.308 e. The van der Waals surface area contributed by atoms with Crippen LogP contribution in [0.1, 0.15) is 10.4 Å². The number of thiophene rings is 1. The van der Waals surface area contributed by atoms with Crippen molar-refractivity contribution in [2.24, 2.45) is 0 Å². The zero-order valence-corrected chi connectivity index (χ0v) is 10.3. The van der Waals surface area contributed by atoms with Crippen LogP contribution in [0.15, 0.2) is 28.3 Å². The number of nitrogens with one attached hydrogen (secondary N) is 1. The molecule has 3 heteroatoms. The Balaban J connectivity index is 2.78. The Bertz CT molecular complexity index is 499. The molecule has 1 nitrogen and oxygen atoms in total. The van der Waals surface area contributed by atoms with Crippen LogP contribution in [0, 0.1) is 5.41 Å². The van der Waals surface area contributed by atoms with Gasteiger partial charge in [-0.1, -0.05) is 40.8 Å². The van der Waals surface area contributed by atoms with Crippen molar-refractivity contribution in [3.63, 3.8) is 0 Å². The first kappa shape index (κ1) is 9.86. The molecule has 1 heterocycles. The highest BCUT2D eigenvalue weighted by molar-refractivity contribution is 14.1. The molecule has 0 radical (unpaired) electrons. The van der Waals surface area contributed by atoms with Gasteiger partial charge in [0.1, 0.15) is 0 Å². The lowest BCUT2D eigenvalue weighted by Gasteiger charge is -1.90. The fraction of sp³-hybridized carbons (Fsp3) is 0. The van der Waals surface area contributed by atoms with Gasteiger partial charge in [0.2, 0.25) is 0 Å². The van der Waals surface area contributed by atoms with Crippen LogP contribution in [0.4, 0.5) is 0 Å². The molecular weight excluding hydrogens is 305 g/mol. The number of rotatable bonds is 2. The molecule has 2 aromatic rings. The van der Waals surface area contributed by atoms with Gasteiger partial charge in [-0.05, 0) is 16.2 Å². The molecule has 14 heavy (non-hydrogen) atoms. The summed E-state index contributed by atoms with van der Waals surface area (Å²) in [5.41, 5.74) is 1.03. The quantitative estimate of drug-likeness (QED) is 0.631. The number of benzene rings is 1. The molecule has 0 aliphatic heterocycles. The third-order valence-corrected chi connectivity index (χ3v) is 3.53. The van der Waals surface area contributed by atoms with E-state index in [0.29, 0.717) is 0 Å². The van der Waals surface area contributed by atoms with Crippen molar-refractivity contribution in [1.29, 1.82) is 5.41 Å². The van der Waals surface area contributed by atoms with E-state index in [9.17, 15) is 0 Å². The highest BCUT2D eigenvalue weighted by Crippen LogP contribution is 2.31. The van der Waals surface area contributed by atoms with Gasteiger partial charge >= 0.3 is 0 Å². The SMILES string of the molecule is N=Cc1c(/C=C\I)sc2ccccc12. The molecule has 1 aromatic heterocycles. The van der Waals surface area contributed by atoms with E-state index in [1.165, 1.54) is 16.3 Å². The maximum atomic E-state index is 7.41. The molecule has 0 fully saturated rings. The zero-order valence-electron chi connectivity index (χ0n) is 7.33. The van der Waals surface area contributed by atoms with E-state index in [4.69, 9.17) is 5.41 Å². The fourth-order valence-electron chi connectivity index (χ4n) is 1.41. The Morgan fingerprint density at radius 3 is 2.79 bits per heavy atom. The summed E-state index contributed by atoms with van der Waals surface area (Å²) in [4.78, 5) is 1.16. The molecule has 2 rings (SSSR count). The van der Waals surface area contributed by atoms with Gasteiger partial charge in [-0.2, -0.15) is 0 Å². The lowest BCUT2D eigenvalue weighted by Crippen LogP contribution is -1.78. The van der Waals surface area contributed by atoms with Crippen molar-refractivity contribution in [2.75, 3.05) is 0 Å². The minimum absolute atomic E-state index is 1.03. The van der Waals surface area contributed by atoms with Crippen molar-refractivity contribution in [2.45, 2.75) is 0 Å². The molecule has 0 aliphatic rings. The van der Waals surface area contributed by atoms with E-state index in [1.807, 2.05) is 22.3 Å². The van der Waals surface area contributed by atoms with Crippen molar-refractivity contribution < 1.29 is 0 Å². The molecule has 0 aliphatic carbocycles. The number of hydrogen-bond donors (Lipinski definition) is 1. The first-order valence-electron chi connectivity index (χ1n) is 4.15. The molecule has 1 N–H and O–H groups in total. The van der Waals surface area contributed by atoms with Crippen LogP contribution in [0.25, 0.3) is 16.2 Å². The second kappa shape index (κ2) is 4.23. The van der Waals surface area contributed by atoms with Crippen LogP contribution in [0.5, 0.6) is 0 Å². The fourth-order valence-corrected chi connectivity index (χ4v) is 3.10. The van der Waals surface area contributed by atoms with Crippen LogP contribution >= 0.6 is 33.9 Å². The van der Waals surface area contributed by atoms with E-state index in [-0.39, 0.29) is 0 Å². The second-order valence-electron chi connectivity index (χ2n) is 2.81. The molecule has 0 spiro atoms. The molecule has 0 saturated heterocycles. The van der Waals surface area contributed by atoms with Crippen LogP contribution < -0.4 is 0 Å². The first-order valence-corrected chi connectivity index (χ1v) is 6.22. The summed E-state index contributed by atoms with van der Waals surface area (Å²) in [6.07, 6.45) is 3.48. The largest absolute Gasteiger partial charge is 0.308 e. The first-order chi connectivity index (χ1) is 6.86.